The molecule has 2 heterocycles. The summed E-state index contributed by atoms with van der Waals surface area (Å²) in [4.78, 5) is 12.1. The maximum Gasteiger partial charge on any atom is 0.242 e. The fourth-order valence-electron chi connectivity index (χ4n) is 1.41. The van der Waals surface area contributed by atoms with Gasteiger partial charge in [0.1, 0.15) is 17.8 Å². The van der Waals surface area contributed by atoms with E-state index in [0.29, 0.717) is 23.9 Å². The number of rotatable bonds is 4. The van der Waals surface area contributed by atoms with E-state index in [1.54, 1.807) is 6.20 Å². The topological polar surface area (TPSA) is 90.9 Å². The Balaban J connectivity index is 2.12. The molecule has 0 saturated carbocycles. The van der Waals surface area contributed by atoms with E-state index in [1.165, 1.54) is 13.4 Å². The first kappa shape index (κ1) is 11.2. The molecule has 0 aromatic carbocycles. The Morgan fingerprint density at radius 2 is 2.24 bits per heavy atom. The van der Waals surface area contributed by atoms with Crippen LogP contribution in [0.2, 0.25) is 0 Å². The molecule has 0 spiro atoms. The number of ether oxygens (including phenoxy) is 1. The number of nitrogen functional groups attached to an aromatic ring is 1. The Hall–Kier alpha value is -2.31. The van der Waals surface area contributed by atoms with Gasteiger partial charge in [0.05, 0.1) is 13.7 Å². The van der Waals surface area contributed by atoms with Gasteiger partial charge >= 0.3 is 0 Å². The van der Waals surface area contributed by atoms with Crippen molar-refractivity contribution in [2.75, 3.05) is 18.2 Å². The van der Waals surface area contributed by atoms with E-state index in [4.69, 9.17) is 10.5 Å². The molecule has 0 atom stereocenters. The van der Waals surface area contributed by atoms with E-state index < -0.39 is 0 Å². The van der Waals surface area contributed by atoms with Gasteiger partial charge in [-0.1, -0.05) is 0 Å². The molecule has 7 heteroatoms. The highest BCUT2D eigenvalue weighted by atomic mass is 16.5. The van der Waals surface area contributed by atoms with Crippen LogP contribution in [0.4, 0.5) is 11.5 Å². The lowest BCUT2D eigenvalue weighted by atomic mass is 10.4. The fraction of sp³-hybridized carbons (Fsp3) is 0.300. The summed E-state index contributed by atoms with van der Waals surface area (Å²) >= 11 is 0. The smallest absolute Gasteiger partial charge is 0.242 e. The zero-order chi connectivity index (χ0) is 12.3. The monoisotopic (exact) mass is 234 g/mol. The standard InChI is InChI=1S/C10H14N6O/c1-16-4-3-12-7(16)5-13-9-8(11)10(17-2)15-6-14-9/h3-4,6H,5,11H2,1-2H3,(H,13,14,15). The van der Waals surface area contributed by atoms with Gasteiger partial charge in [-0.15, -0.1) is 0 Å². The molecule has 90 valence electrons. The van der Waals surface area contributed by atoms with Crippen LogP contribution < -0.4 is 15.8 Å². The number of hydrogen-bond donors (Lipinski definition) is 2. The van der Waals surface area contributed by atoms with E-state index in [2.05, 4.69) is 20.3 Å². The molecular weight excluding hydrogens is 220 g/mol. The first-order valence-electron chi connectivity index (χ1n) is 5.07. The molecule has 0 bridgehead atoms. The van der Waals surface area contributed by atoms with Crippen LogP contribution in [-0.2, 0) is 13.6 Å². The average molecular weight is 234 g/mol. The van der Waals surface area contributed by atoms with Gasteiger partial charge in [0.15, 0.2) is 5.82 Å². The number of nitrogens with one attached hydrogen (secondary N) is 1. The lowest BCUT2D eigenvalue weighted by Gasteiger charge is -2.09. The molecular formula is C10H14N6O. The highest BCUT2D eigenvalue weighted by Crippen LogP contribution is 2.24. The number of aromatic nitrogens is 4. The molecule has 0 radical (unpaired) electrons. The summed E-state index contributed by atoms with van der Waals surface area (Å²) in [5.41, 5.74) is 6.22. The Labute approximate surface area is 98.7 Å². The zero-order valence-corrected chi connectivity index (χ0v) is 9.71. The second-order valence-corrected chi connectivity index (χ2v) is 3.45. The van der Waals surface area contributed by atoms with Crippen molar-refractivity contribution in [1.29, 1.82) is 0 Å². The SMILES string of the molecule is COc1ncnc(NCc2nccn2C)c1N. The Bertz CT molecular complexity index is 509. The van der Waals surface area contributed by atoms with Crippen molar-refractivity contribution in [2.24, 2.45) is 7.05 Å². The number of hydrogen-bond acceptors (Lipinski definition) is 6. The second kappa shape index (κ2) is 4.69. The molecule has 0 unspecified atom stereocenters. The summed E-state index contributed by atoms with van der Waals surface area (Å²) in [6, 6.07) is 0. The molecule has 0 aliphatic heterocycles. The number of methoxy groups -OCH3 is 1. The van der Waals surface area contributed by atoms with E-state index in [0.717, 1.165) is 5.82 Å². The summed E-state index contributed by atoms with van der Waals surface area (Å²) in [5.74, 6) is 1.80. The Kier molecular flexibility index (Phi) is 3.08. The van der Waals surface area contributed by atoms with Crippen molar-refractivity contribution in [1.82, 2.24) is 19.5 Å². The molecule has 0 aliphatic rings. The third-order valence-electron chi connectivity index (χ3n) is 2.38. The predicted molar refractivity (Wildman–Crippen MR) is 63.5 cm³/mol. The maximum atomic E-state index is 5.83. The van der Waals surface area contributed by atoms with Crippen LogP contribution in [0.5, 0.6) is 5.88 Å². The Morgan fingerprint density at radius 3 is 2.88 bits per heavy atom. The van der Waals surface area contributed by atoms with Crippen molar-refractivity contribution in [3.05, 3.63) is 24.5 Å². The molecule has 0 saturated heterocycles. The minimum atomic E-state index is 0.363. The molecule has 2 rings (SSSR count). The molecule has 17 heavy (non-hydrogen) atoms. The highest BCUT2D eigenvalue weighted by molar-refractivity contribution is 5.66. The largest absolute Gasteiger partial charge is 0.479 e. The van der Waals surface area contributed by atoms with Gasteiger partial charge in [-0.3, -0.25) is 0 Å². The normalized spacial score (nSPS) is 10.2. The molecule has 2 aromatic heterocycles. The first-order valence-corrected chi connectivity index (χ1v) is 5.07. The van der Waals surface area contributed by atoms with Crippen LogP contribution in [0.3, 0.4) is 0 Å². The molecule has 3 N–H and O–H groups in total. The van der Waals surface area contributed by atoms with E-state index >= 15 is 0 Å². The van der Waals surface area contributed by atoms with Gasteiger partial charge in [-0.2, -0.15) is 4.98 Å². The molecule has 0 fully saturated rings. The number of anilines is 2. The Morgan fingerprint density at radius 1 is 1.41 bits per heavy atom. The van der Waals surface area contributed by atoms with Crippen LogP contribution in [0.25, 0.3) is 0 Å². The van der Waals surface area contributed by atoms with Gasteiger partial charge in [0.2, 0.25) is 5.88 Å². The quantitative estimate of drug-likeness (QED) is 0.796. The lowest BCUT2D eigenvalue weighted by molar-refractivity contribution is 0.399. The molecule has 0 amide bonds. The van der Waals surface area contributed by atoms with Crippen LogP contribution in [0, 0.1) is 0 Å². The van der Waals surface area contributed by atoms with Crippen molar-refractivity contribution in [3.63, 3.8) is 0 Å². The zero-order valence-electron chi connectivity index (χ0n) is 9.71. The van der Waals surface area contributed by atoms with Crippen molar-refractivity contribution >= 4 is 11.5 Å². The van der Waals surface area contributed by atoms with Crippen LogP contribution in [0.1, 0.15) is 5.82 Å². The fourth-order valence-corrected chi connectivity index (χ4v) is 1.41. The number of imidazole rings is 1. The van der Waals surface area contributed by atoms with Crippen molar-refractivity contribution in [3.8, 4) is 5.88 Å². The van der Waals surface area contributed by atoms with Crippen LogP contribution >= 0.6 is 0 Å². The van der Waals surface area contributed by atoms with E-state index in [-0.39, 0.29) is 0 Å². The van der Waals surface area contributed by atoms with Gasteiger partial charge in [-0.05, 0) is 0 Å². The van der Waals surface area contributed by atoms with Gasteiger partial charge in [0, 0.05) is 19.4 Å². The molecule has 0 aliphatic carbocycles. The summed E-state index contributed by atoms with van der Waals surface area (Å²) < 4.78 is 6.93. The number of nitrogens with two attached hydrogens (primary N) is 1. The number of nitrogens with zero attached hydrogens (tertiary/aromatic N) is 4. The minimum absolute atomic E-state index is 0.363. The maximum absolute atomic E-state index is 5.83. The average Bonchev–Trinajstić information content (AvgIpc) is 2.74. The van der Waals surface area contributed by atoms with Gasteiger partial charge in [-0.25, -0.2) is 9.97 Å². The van der Waals surface area contributed by atoms with E-state index in [1.807, 2.05) is 17.8 Å². The van der Waals surface area contributed by atoms with E-state index in [9.17, 15) is 0 Å². The molecule has 7 nitrogen and oxygen atoms in total. The summed E-state index contributed by atoms with van der Waals surface area (Å²) in [7, 11) is 3.44. The molecule has 2 aromatic rings. The summed E-state index contributed by atoms with van der Waals surface area (Å²) in [5, 5.41) is 3.09. The van der Waals surface area contributed by atoms with Gasteiger partial charge in [0.25, 0.3) is 0 Å². The lowest BCUT2D eigenvalue weighted by Crippen LogP contribution is -2.09. The second-order valence-electron chi connectivity index (χ2n) is 3.45. The van der Waals surface area contributed by atoms with Crippen molar-refractivity contribution < 1.29 is 4.74 Å². The third kappa shape index (κ3) is 2.27. The third-order valence-corrected chi connectivity index (χ3v) is 2.38. The van der Waals surface area contributed by atoms with Crippen molar-refractivity contribution in [2.45, 2.75) is 6.54 Å². The minimum Gasteiger partial charge on any atom is -0.479 e. The first-order chi connectivity index (χ1) is 8.22. The summed E-state index contributed by atoms with van der Waals surface area (Å²) in [6.07, 6.45) is 5.01. The van der Waals surface area contributed by atoms with Crippen LogP contribution in [0.15, 0.2) is 18.7 Å². The summed E-state index contributed by atoms with van der Waals surface area (Å²) in [6.45, 7) is 0.536. The predicted octanol–water partition coefficient (Wildman–Crippen LogP) is 0.413. The van der Waals surface area contributed by atoms with Gasteiger partial charge < -0.3 is 20.4 Å². The van der Waals surface area contributed by atoms with Crippen LogP contribution in [-0.4, -0.2) is 26.6 Å². The highest BCUT2D eigenvalue weighted by Gasteiger charge is 2.08. The number of aryl methyl sites for hydroxylation is 1.